The highest BCUT2D eigenvalue weighted by Crippen LogP contribution is 2.39. The fourth-order valence-electron chi connectivity index (χ4n) is 2.89. The molecule has 3 heterocycles. The Morgan fingerprint density at radius 3 is 2.67 bits per heavy atom. The Morgan fingerprint density at radius 2 is 2.04 bits per heavy atom. The van der Waals surface area contributed by atoms with E-state index in [-0.39, 0.29) is 5.91 Å². The number of carbonyl (C=O) groups is 1. The number of hydrogen-bond donors (Lipinski definition) is 3. The van der Waals surface area contributed by atoms with E-state index >= 15 is 0 Å². The summed E-state index contributed by atoms with van der Waals surface area (Å²) in [5, 5.41) is 10.6. The number of fused-ring (bicyclic) bond motifs is 1. The van der Waals surface area contributed by atoms with Crippen molar-refractivity contribution >= 4 is 23.2 Å². The molecule has 0 aliphatic carbocycles. The van der Waals surface area contributed by atoms with E-state index < -0.39 is 0 Å². The van der Waals surface area contributed by atoms with E-state index in [9.17, 15) is 4.79 Å². The quantitative estimate of drug-likeness (QED) is 0.594. The minimum Gasteiger partial charge on any atom is -0.469 e. The zero-order valence-electron chi connectivity index (χ0n) is 13.4. The predicted molar refractivity (Wildman–Crippen MR) is 91.3 cm³/mol. The number of aromatic amines is 1. The van der Waals surface area contributed by atoms with Crippen LogP contribution in [-0.4, -0.2) is 48.5 Å². The van der Waals surface area contributed by atoms with Gasteiger partial charge < -0.3 is 19.9 Å². The van der Waals surface area contributed by atoms with Gasteiger partial charge in [-0.25, -0.2) is 0 Å². The standard InChI is InChI=1S/C17H19N5O2/c1-19-15(18)11-3-5-12(6-4-11)22-10-24-14-9-13(20-16(14)22)17(23)21-7-2-8-21/h3-6,9,20H,2,7-8,10H2,1H3,(H2,18,19). The lowest BCUT2D eigenvalue weighted by Crippen LogP contribution is -2.42. The van der Waals surface area contributed by atoms with Crippen LogP contribution >= 0.6 is 0 Å². The van der Waals surface area contributed by atoms with Gasteiger partial charge in [0.25, 0.3) is 5.91 Å². The van der Waals surface area contributed by atoms with Crippen LogP contribution < -0.4 is 15.0 Å². The van der Waals surface area contributed by atoms with Gasteiger partial charge in [0.15, 0.2) is 18.3 Å². The first-order valence-electron chi connectivity index (χ1n) is 7.97. The lowest BCUT2D eigenvalue weighted by molar-refractivity contribution is 0.0646. The number of amides is 1. The first kappa shape index (κ1) is 14.6. The second-order valence-corrected chi connectivity index (χ2v) is 5.91. The Hall–Kier alpha value is -2.96. The number of rotatable bonds is 3. The lowest BCUT2D eigenvalue weighted by Gasteiger charge is -2.30. The van der Waals surface area contributed by atoms with Crippen molar-refractivity contribution in [1.29, 1.82) is 5.41 Å². The number of hydrogen-bond acceptors (Lipinski definition) is 4. The summed E-state index contributed by atoms with van der Waals surface area (Å²) in [6, 6.07) is 9.44. The van der Waals surface area contributed by atoms with E-state index in [1.807, 2.05) is 34.1 Å². The van der Waals surface area contributed by atoms with Crippen molar-refractivity contribution < 1.29 is 9.53 Å². The molecule has 0 atom stereocenters. The molecule has 1 aromatic heterocycles. The van der Waals surface area contributed by atoms with Crippen LogP contribution in [0.1, 0.15) is 22.5 Å². The molecule has 124 valence electrons. The molecule has 2 aliphatic heterocycles. The molecule has 1 aromatic carbocycles. The zero-order valence-corrected chi connectivity index (χ0v) is 13.4. The van der Waals surface area contributed by atoms with Crippen molar-refractivity contribution in [2.24, 2.45) is 0 Å². The monoisotopic (exact) mass is 325 g/mol. The highest BCUT2D eigenvalue weighted by molar-refractivity contribution is 5.97. The van der Waals surface area contributed by atoms with Crippen LogP contribution in [0.4, 0.5) is 11.5 Å². The van der Waals surface area contributed by atoms with E-state index in [0.717, 1.165) is 36.6 Å². The van der Waals surface area contributed by atoms with E-state index in [2.05, 4.69) is 10.3 Å². The Balaban J connectivity index is 1.58. The second-order valence-electron chi connectivity index (χ2n) is 5.91. The molecule has 0 unspecified atom stereocenters. The summed E-state index contributed by atoms with van der Waals surface area (Å²) in [5.41, 5.74) is 2.34. The summed E-state index contributed by atoms with van der Waals surface area (Å²) in [5.74, 6) is 1.90. The predicted octanol–water partition coefficient (Wildman–Crippen LogP) is 1.89. The minimum absolute atomic E-state index is 0.0250. The number of ether oxygens (including phenoxy) is 1. The molecule has 2 aliphatic rings. The van der Waals surface area contributed by atoms with Crippen molar-refractivity contribution in [3.63, 3.8) is 0 Å². The fraction of sp³-hybridized carbons (Fsp3) is 0.294. The van der Waals surface area contributed by atoms with Crippen molar-refractivity contribution in [1.82, 2.24) is 15.2 Å². The van der Waals surface area contributed by atoms with Crippen LogP contribution in [0.25, 0.3) is 0 Å². The van der Waals surface area contributed by atoms with Crippen molar-refractivity contribution in [3.05, 3.63) is 41.6 Å². The number of amidine groups is 1. The molecule has 0 saturated carbocycles. The average Bonchev–Trinajstić information content (AvgIpc) is 3.13. The van der Waals surface area contributed by atoms with E-state index in [1.165, 1.54) is 0 Å². The molecular formula is C17H19N5O2. The summed E-state index contributed by atoms with van der Waals surface area (Å²) in [6.45, 7) is 2.06. The second kappa shape index (κ2) is 5.59. The molecule has 24 heavy (non-hydrogen) atoms. The molecule has 0 bridgehead atoms. The number of nitrogens with zero attached hydrogens (tertiary/aromatic N) is 2. The fourth-order valence-corrected chi connectivity index (χ4v) is 2.89. The highest BCUT2D eigenvalue weighted by Gasteiger charge is 2.29. The molecule has 4 rings (SSSR count). The van der Waals surface area contributed by atoms with E-state index in [1.54, 1.807) is 13.1 Å². The topological polar surface area (TPSA) is 84.5 Å². The third-order valence-electron chi connectivity index (χ3n) is 4.47. The van der Waals surface area contributed by atoms with Gasteiger partial charge in [-0.3, -0.25) is 15.1 Å². The number of aromatic nitrogens is 1. The first-order valence-corrected chi connectivity index (χ1v) is 7.97. The number of likely N-dealkylation sites (tertiary alicyclic amines) is 1. The summed E-state index contributed by atoms with van der Waals surface area (Å²) in [7, 11) is 1.73. The maximum Gasteiger partial charge on any atom is 0.270 e. The molecule has 1 saturated heterocycles. The maximum absolute atomic E-state index is 12.3. The SMILES string of the molecule is CNC(=N)c1ccc(N2COc3cc(C(=O)N4CCC4)[nH]c32)cc1. The van der Waals surface area contributed by atoms with Gasteiger partial charge >= 0.3 is 0 Å². The number of benzene rings is 1. The van der Waals surface area contributed by atoms with E-state index in [4.69, 9.17) is 10.1 Å². The molecule has 2 aromatic rings. The summed E-state index contributed by atoms with van der Waals surface area (Å²) in [6.07, 6.45) is 1.07. The third-order valence-corrected chi connectivity index (χ3v) is 4.47. The molecule has 1 amide bonds. The lowest BCUT2D eigenvalue weighted by atomic mass is 10.2. The van der Waals surface area contributed by atoms with Gasteiger partial charge in [-0.05, 0) is 30.7 Å². The van der Waals surface area contributed by atoms with Crippen molar-refractivity contribution in [2.75, 3.05) is 31.8 Å². The zero-order chi connectivity index (χ0) is 16.7. The molecule has 7 heteroatoms. The van der Waals surface area contributed by atoms with Gasteiger partial charge in [-0.15, -0.1) is 0 Å². The molecular weight excluding hydrogens is 306 g/mol. The number of carbonyl (C=O) groups excluding carboxylic acids is 1. The van der Waals surface area contributed by atoms with Gasteiger partial charge in [0.2, 0.25) is 0 Å². The van der Waals surface area contributed by atoms with Crippen LogP contribution in [0.2, 0.25) is 0 Å². The number of H-pyrrole nitrogens is 1. The largest absolute Gasteiger partial charge is 0.469 e. The van der Waals surface area contributed by atoms with Crippen LogP contribution in [0.5, 0.6) is 5.75 Å². The van der Waals surface area contributed by atoms with Gasteiger partial charge in [0.1, 0.15) is 11.5 Å². The number of nitrogens with one attached hydrogen (secondary N) is 3. The van der Waals surface area contributed by atoms with E-state index in [0.29, 0.717) is 24.0 Å². The molecule has 7 nitrogen and oxygen atoms in total. The first-order chi connectivity index (χ1) is 11.7. The minimum atomic E-state index is 0.0250. The smallest absolute Gasteiger partial charge is 0.270 e. The van der Waals surface area contributed by atoms with Crippen LogP contribution in [0, 0.1) is 5.41 Å². The Morgan fingerprint density at radius 1 is 1.29 bits per heavy atom. The molecule has 1 fully saturated rings. The third kappa shape index (κ3) is 2.29. The normalized spacial score (nSPS) is 15.5. The molecule has 0 radical (unpaired) electrons. The molecule has 0 spiro atoms. The van der Waals surface area contributed by atoms with Crippen molar-refractivity contribution in [3.8, 4) is 5.75 Å². The summed E-state index contributed by atoms with van der Waals surface area (Å²) < 4.78 is 5.70. The number of anilines is 2. The molecule has 3 N–H and O–H groups in total. The average molecular weight is 325 g/mol. The van der Waals surface area contributed by atoms with Crippen LogP contribution in [0.15, 0.2) is 30.3 Å². The van der Waals surface area contributed by atoms with Gasteiger partial charge in [-0.1, -0.05) is 0 Å². The van der Waals surface area contributed by atoms with Crippen LogP contribution in [-0.2, 0) is 0 Å². The van der Waals surface area contributed by atoms with Gasteiger partial charge in [0.05, 0.1) is 0 Å². The highest BCUT2D eigenvalue weighted by atomic mass is 16.5. The van der Waals surface area contributed by atoms with Gasteiger partial charge in [0, 0.05) is 37.5 Å². The Bertz CT molecular complexity index is 792. The Kier molecular flexibility index (Phi) is 3.41. The van der Waals surface area contributed by atoms with Gasteiger partial charge in [-0.2, -0.15) is 0 Å². The Labute approximate surface area is 139 Å². The summed E-state index contributed by atoms with van der Waals surface area (Å²) >= 11 is 0. The van der Waals surface area contributed by atoms with Crippen molar-refractivity contribution in [2.45, 2.75) is 6.42 Å². The summed E-state index contributed by atoms with van der Waals surface area (Å²) in [4.78, 5) is 19.3. The van der Waals surface area contributed by atoms with Crippen LogP contribution in [0.3, 0.4) is 0 Å². The maximum atomic E-state index is 12.3.